The van der Waals surface area contributed by atoms with Crippen molar-refractivity contribution in [2.75, 3.05) is 6.54 Å². The zero-order chi connectivity index (χ0) is 13.3. The van der Waals surface area contributed by atoms with Crippen LogP contribution >= 0.6 is 11.3 Å². The maximum absolute atomic E-state index is 12.4. The number of nitrogens with zero attached hydrogens (tertiary/aromatic N) is 1. The van der Waals surface area contributed by atoms with Gasteiger partial charge >= 0.3 is 5.97 Å². The third kappa shape index (κ3) is 2.30. The average molecular weight is 289 g/mol. The molecule has 1 N–H and O–H groups in total. The Balaban J connectivity index is 2.33. The van der Waals surface area contributed by atoms with Crippen LogP contribution in [0.25, 0.3) is 0 Å². The van der Waals surface area contributed by atoms with E-state index < -0.39 is 22.0 Å². The van der Waals surface area contributed by atoms with Crippen LogP contribution in [0.2, 0.25) is 0 Å². The molecule has 0 amide bonds. The molecule has 100 valence electrons. The normalized spacial score (nSPS) is 21.3. The molecule has 1 aliphatic rings. The highest BCUT2D eigenvalue weighted by molar-refractivity contribution is 7.91. The summed E-state index contributed by atoms with van der Waals surface area (Å²) in [5.41, 5.74) is 0. The summed E-state index contributed by atoms with van der Waals surface area (Å²) in [5, 5.41) is 9.04. The zero-order valence-electron chi connectivity index (χ0n) is 10.00. The summed E-state index contributed by atoms with van der Waals surface area (Å²) < 4.78 is 26.1. The Bertz CT molecular complexity index is 549. The van der Waals surface area contributed by atoms with Crippen LogP contribution in [0.1, 0.15) is 24.6 Å². The third-order valence-corrected chi connectivity index (χ3v) is 6.64. The van der Waals surface area contributed by atoms with E-state index in [9.17, 15) is 13.2 Å². The number of hydrogen-bond donors (Lipinski definition) is 1. The molecule has 0 saturated carbocycles. The van der Waals surface area contributed by atoms with Gasteiger partial charge in [-0.05, 0) is 31.4 Å². The SMILES string of the molecule is CCc1ccc(S(=O)(=O)N2CCCC2C(=O)O)s1. The minimum absolute atomic E-state index is 0.243. The van der Waals surface area contributed by atoms with Gasteiger partial charge in [-0.1, -0.05) is 6.92 Å². The standard InChI is InChI=1S/C11H15NO4S2/c1-2-8-5-6-10(17-8)18(15,16)12-7-3-4-9(12)11(13)14/h5-6,9H,2-4,7H2,1H3,(H,13,14). The highest BCUT2D eigenvalue weighted by Crippen LogP contribution is 2.30. The first-order valence-corrected chi connectivity index (χ1v) is 8.06. The van der Waals surface area contributed by atoms with E-state index in [2.05, 4.69) is 0 Å². The number of sulfonamides is 1. The predicted octanol–water partition coefficient (Wildman–Crippen LogP) is 1.55. The Kier molecular flexibility index (Phi) is 3.74. The summed E-state index contributed by atoms with van der Waals surface area (Å²) in [6, 6.07) is 2.43. The van der Waals surface area contributed by atoms with E-state index in [0.29, 0.717) is 19.4 Å². The second-order valence-electron chi connectivity index (χ2n) is 4.19. The molecule has 1 aromatic rings. The summed E-state index contributed by atoms with van der Waals surface area (Å²) >= 11 is 1.22. The Morgan fingerprint density at radius 3 is 2.83 bits per heavy atom. The maximum atomic E-state index is 12.4. The van der Waals surface area contributed by atoms with Crippen molar-refractivity contribution in [1.29, 1.82) is 0 Å². The maximum Gasteiger partial charge on any atom is 0.322 e. The summed E-state index contributed by atoms with van der Waals surface area (Å²) in [6.07, 6.45) is 1.77. The van der Waals surface area contributed by atoms with Gasteiger partial charge in [0.05, 0.1) is 0 Å². The van der Waals surface area contributed by atoms with Crippen molar-refractivity contribution >= 4 is 27.3 Å². The predicted molar refractivity (Wildman–Crippen MR) is 68.2 cm³/mol. The molecule has 1 unspecified atom stereocenters. The lowest BCUT2D eigenvalue weighted by molar-refractivity contribution is -0.140. The number of aryl methyl sites for hydroxylation is 1. The molecule has 1 aliphatic heterocycles. The lowest BCUT2D eigenvalue weighted by Gasteiger charge is -2.19. The summed E-state index contributed by atoms with van der Waals surface area (Å²) in [5.74, 6) is -1.07. The van der Waals surface area contributed by atoms with E-state index in [1.54, 1.807) is 12.1 Å². The third-order valence-electron chi connectivity index (χ3n) is 3.04. The van der Waals surface area contributed by atoms with Crippen molar-refractivity contribution < 1.29 is 18.3 Å². The van der Waals surface area contributed by atoms with Gasteiger partial charge < -0.3 is 5.11 Å². The molecule has 7 heteroatoms. The van der Waals surface area contributed by atoms with Crippen LogP contribution in [0.3, 0.4) is 0 Å². The fraction of sp³-hybridized carbons (Fsp3) is 0.545. The largest absolute Gasteiger partial charge is 0.480 e. The van der Waals surface area contributed by atoms with E-state index in [1.807, 2.05) is 6.92 Å². The van der Waals surface area contributed by atoms with Gasteiger partial charge in [0.15, 0.2) is 0 Å². The van der Waals surface area contributed by atoms with Crippen LogP contribution in [0.4, 0.5) is 0 Å². The molecule has 18 heavy (non-hydrogen) atoms. The Morgan fingerprint density at radius 2 is 2.28 bits per heavy atom. The molecule has 1 aromatic heterocycles. The molecule has 2 heterocycles. The first-order chi connectivity index (χ1) is 8.46. The molecule has 5 nitrogen and oxygen atoms in total. The van der Waals surface area contributed by atoms with E-state index in [1.165, 1.54) is 11.3 Å². The van der Waals surface area contributed by atoms with Crippen molar-refractivity contribution in [1.82, 2.24) is 4.31 Å². The minimum Gasteiger partial charge on any atom is -0.480 e. The number of aliphatic carboxylic acids is 1. The van der Waals surface area contributed by atoms with Crippen LogP contribution in [0, 0.1) is 0 Å². The van der Waals surface area contributed by atoms with Crippen molar-refractivity contribution in [3.8, 4) is 0 Å². The van der Waals surface area contributed by atoms with Gasteiger partial charge in [-0.25, -0.2) is 8.42 Å². The van der Waals surface area contributed by atoms with Crippen LogP contribution in [0.15, 0.2) is 16.3 Å². The van der Waals surface area contributed by atoms with Gasteiger partial charge in [-0.3, -0.25) is 4.79 Å². The van der Waals surface area contributed by atoms with E-state index in [0.717, 1.165) is 15.6 Å². The topological polar surface area (TPSA) is 74.7 Å². The Morgan fingerprint density at radius 1 is 1.56 bits per heavy atom. The lowest BCUT2D eigenvalue weighted by atomic mass is 10.2. The summed E-state index contributed by atoms with van der Waals surface area (Å²) in [6.45, 7) is 2.25. The minimum atomic E-state index is -3.65. The van der Waals surface area contributed by atoms with Crippen LogP contribution in [-0.4, -0.2) is 36.4 Å². The van der Waals surface area contributed by atoms with Gasteiger partial charge in [-0.15, -0.1) is 11.3 Å². The lowest BCUT2D eigenvalue weighted by Crippen LogP contribution is -2.40. The molecule has 1 saturated heterocycles. The van der Waals surface area contributed by atoms with Gasteiger partial charge in [-0.2, -0.15) is 4.31 Å². The van der Waals surface area contributed by atoms with E-state index in [-0.39, 0.29) is 4.21 Å². The Labute approximate surface area is 110 Å². The number of carboxylic acid groups (broad SMARTS) is 1. The highest BCUT2D eigenvalue weighted by atomic mass is 32.2. The van der Waals surface area contributed by atoms with Crippen LogP contribution < -0.4 is 0 Å². The summed E-state index contributed by atoms with van der Waals surface area (Å²) in [7, 11) is -3.65. The number of hydrogen-bond acceptors (Lipinski definition) is 4. The second kappa shape index (κ2) is 4.99. The van der Waals surface area contributed by atoms with Crippen molar-refractivity contribution in [2.45, 2.75) is 36.4 Å². The quantitative estimate of drug-likeness (QED) is 0.912. The Hall–Kier alpha value is -0.920. The number of thiophene rings is 1. The molecule has 0 aromatic carbocycles. The monoisotopic (exact) mass is 289 g/mol. The molecular formula is C11H15NO4S2. The van der Waals surface area contributed by atoms with E-state index in [4.69, 9.17) is 5.11 Å². The zero-order valence-corrected chi connectivity index (χ0v) is 11.6. The van der Waals surface area contributed by atoms with Gasteiger partial charge in [0.2, 0.25) is 0 Å². The molecule has 1 atom stereocenters. The fourth-order valence-electron chi connectivity index (χ4n) is 2.08. The molecule has 1 fully saturated rings. The fourth-order valence-corrected chi connectivity index (χ4v) is 5.15. The first-order valence-electron chi connectivity index (χ1n) is 5.80. The summed E-state index contributed by atoms with van der Waals surface area (Å²) in [4.78, 5) is 12.0. The first kappa shape index (κ1) is 13.5. The van der Waals surface area contributed by atoms with Gasteiger partial charge in [0, 0.05) is 11.4 Å². The number of carbonyl (C=O) groups is 1. The van der Waals surface area contributed by atoms with Gasteiger partial charge in [0.1, 0.15) is 10.3 Å². The van der Waals surface area contributed by atoms with Crippen molar-refractivity contribution in [2.24, 2.45) is 0 Å². The smallest absolute Gasteiger partial charge is 0.322 e. The molecule has 0 aliphatic carbocycles. The van der Waals surface area contributed by atoms with Crippen molar-refractivity contribution in [3.63, 3.8) is 0 Å². The average Bonchev–Trinajstić information content (AvgIpc) is 2.98. The second-order valence-corrected chi connectivity index (χ2v) is 7.47. The molecular weight excluding hydrogens is 274 g/mol. The molecule has 0 spiro atoms. The number of rotatable bonds is 4. The highest BCUT2D eigenvalue weighted by Gasteiger charge is 2.39. The molecule has 2 rings (SSSR count). The van der Waals surface area contributed by atoms with Crippen molar-refractivity contribution in [3.05, 3.63) is 17.0 Å². The molecule has 0 bridgehead atoms. The van der Waals surface area contributed by atoms with Crippen LogP contribution in [-0.2, 0) is 21.2 Å². The van der Waals surface area contributed by atoms with E-state index >= 15 is 0 Å². The van der Waals surface area contributed by atoms with Gasteiger partial charge in [0.25, 0.3) is 10.0 Å². The number of carboxylic acids is 1. The van der Waals surface area contributed by atoms with Crippen LogP contribution in [0.5, 0.6) is 0 Å². The molecule has 0 radical (unpaired) electrons.